The average molecular weight is 464 g/mol. The van der Waals surface area contributed by atoms with Crippen molar-refractivity contribution < 1.29 is 27.3 Å². The van der Waals surface area contributed by atoms with E-state index in [1.54, 1.807) is 31.2 Å². The van der Waals surface area contributed by atoms with E-state index in [9.17, 15) is 18.0 Å². The van der Waals surface area contributed by atoms with Crippen LogP contribution < -0.4 is 10.0 Å². The van der Waals surface area contributed by atoms with Crippen LogP contribution >= 0.6 is 11.6 Å². The number of benzene rings is 2. The van der Waals surface area contributed by atoms with Crippen LogP contribution in [0, 0.1) is 6.92 Å². The molecule has 1 amide bonds. The lowest BCUT2D eigenvalue weighted by Crippen LogP contribution is -2.24. The maximum absolute atomic E-state index is 12.6. The monoisotopic (exact) mass is 463 g/mol. The molecular weight excluding hydrogens is 446 g/mol. The second kappa shape index (κ2) is 9.73. The molecule has 3 aromatic rings. The average Bonchev–Trinajstić information content (AvgIpc) is 3.16. The first-order chi connectivity index (χ1) is 14.7. The number of nitrogens with one attached hydrogen (secondary N) is 2. The number of sulfonamides is 1. The van der Waals surface area contributed by atoms with Gasteiger partial charge in [-0.15, -0.1) is 0 Å². The summed E-state index contributed by atoms with van der Waals surface area (Å²) in [6, 6.07) is 14.1. The summed E-state index contributed by atoms with van der Waals surface area (Å²) >= 11 is 6.04. The first-order valence-corrected chi connectivity index (χ1v) is 10.8. The molecule has 1 aromatic heterocycles. The van der Waals surface area contributed by atoms with Crippen LogP contribution in [0.3, 0.4) is 0 Å². The molecule has 9 nitrogen and oxygen atoms in total. The van der Waals surface area contributed by atoms with Gasteiger partial charge in [0.05, 0.1) is 10.6 Å². The number of anilines is 1. The minimum Gasteiger partial charge on any atom is -0.452 e. The van der Waals surface area contributed by atoms with Crippen LogP contribution in [0.2, 0.25) is 5.02 Å². The predicted octanol–water partition coefficient (Wildman–Crippen LogP) is 2.91. The summed E-state index contributed by atoms with van der Waals surface area (Å²) in [7, 11) is -4.00. The molecule has 0 aliphatic carbocycles. The van der Waals surface area contributed by atoms with Crippen LogP contribution in [-0.2, 0) is 26.1 Å². The van der Waals surface area contributed by atoms with Gasteiger partial charge in [0.25, 0.3) is 5.91 Å². The number of hydrogen-bond acceptors (Lipinski definition) is 7. The van der Waals surface area contributed by atoms with Crippen molar-refractivity contribution in [3.05, 3.63) is 76.5 Å². The van der Waals surface area contributed by atoms with Gasteiger partial charge >= 0.3 is 5.97 Å². The SMILES string of the molecule is Cc1cc(NC(=O)COC(=O)c2ccc(Cl)c(S(=O)(=O)NCc3ccccc3)c2)no1. The van der Waals surface area contributed by atoms with Gasteiger partial charge in [-0.05, 0) is 30.7 Å². The maximum atomic E-state index is 12.6. The van der Waals surface area contributed by atoms with Crippen LogP contribution in [0.15, 0.2) is 64.0 Å². The Morgan fingerprint density at radius 2 is 1.87 bits per heavy atom. The number of nitrogens with zero attached hydrogens (tertiary/aromatic N) is 1. The van der Waals surface area contributed by atoms with Crippen LogP contribution in [0.25, 0.3) is 0 Å². The van der Waals surface area contributed by atoms with E-state index in [4.69, 9.17) is 20.9 Å². The van der Waals surface area contributed by atoms with Crippen molar-refractivity contribution in [2.24, 2.45) is 0 Å². The van der Waals surface area contributed by atoms with E-state index in [0.717, 1.165) is 11.6 Å². The van der Waals surface area contributed by atoms with Gasteiger partial charge < -0.3 is 14.6 Å². The summed E-state index contributed by atoms with van der Waals surface area (Å²) < 4.78 is 37.5. The number of ether oxygens (including phenoxy) is 1. The van der Waals surface area contributed by atoms with E-state index in [1.165, 1.54) is 18.2 Å². The van der Waals surface area contributed by atoms with Crippen molar-refractivity contribution in [2.45, 2.75) is 18.4 Å². The summed E-state index contributed by atoms with van der Waals surface area (Å²) in [6.07, 6.45) is 0. The van der Waals surface area contributed by atoms with Gasteiger partial charge in [-0.25, -0.2) is 17.9 Å². The summed E-state index contributed by atoms with van der Waals surface area (Å²) in [5.41, 5.74) is 0.681. The Balaban J connectivity index is 1.65. The van der Waals surface area contributed by atoms with Gasteiger partial charge in [0.1, 0.15) is 10.7 Å². The van der Waals surface area contributed by atoms with E-state index in [-0.39, 0.29) is 27.8 Å². The van der Waals surface area contributed by atoms with E-state index >= 15 is 0 Å². The molecule has 0 saturated heterocycles. The normalized spacial score (nSPS) is 11.2. The first kappa shape index (κ1) is 22.5. The molecule has 162 valence electrons. The zero-order valence-electron chi connectivity index (χ0n) is 16.3. The number of amides is 1. The van der Waals surface area contributed by atoms with Gasteiger partial charge in [0, 0.05) is 12.6 Å². The molecule has 0 aliphatic rings. The Kier molecular flexibility index (Phi) is 7.06. The highest BCUT2D eigenvalue weighted by atomic mass is 35.5. The summed E-state index contributed by atoms with van der Waals surface area (Å²) in [6.45, 7) is 1.11. The van der Waals surface area contributed by atoms with Crippen molar-refractivity contribution in [1.29, 1.82) is 0 Å². The Hall–Kier alpha value is -3.21. The molecule has 0 saturated carbocycles. The van der Waals surface area contributed by atoms with Crippen molar-refractivity contribution in [3.8, 4) is 0 Å². The largest absolute Gasteiger partial charge is 0.452 e. The fourth-order valence-corrected chi connectivity index (χ4v) is 4.05. The summed E-state index contributed by atoms with van der Waals surface area (Å²) in [5.74, 6) is -0.832. The lowest BCUT2D eigenvalue weighted by atomic mass is 10.2. The molecule has 0 fully saturated rings. The van der Waals surface area contributed by atoms with Gasteiger partial charge in [-0.3, -0.25) is 4.79 Å². The number of halogens is 1. The lowest BCUT2D eigenvalue weighted by Gasteiger charge is -2.10. The molecule has 2 N–H and O–H groups in total. The first-order valence-electron chi connectivity index (χ1n) is 8.98. The smallest absolute Gasteiger partial charge is 0.338 e. The number of aromatic nitrogens is 1. The topological polar surface area (TPSA) is 128 Å². The number of esters is 1. The van der Waals surface area contributed by atoms with E-state index in [0.29, 0.717) is 5.76 Å². The molecule has 0 atom stereocenters. The van der Waals surface area contributed by atoms with Crippen molar-refractivity contribution >= 4 is 39.3 Å². The third-order valence-corrected chi connectivity index (χ3v) is 5.88. The van der Waals surface area contributed by atoms with Crippen molar-refractivity contribution in [1.82, 2.24) is 9.88 Å². The summed E-state index contributed by atoms with van der Waals surface area (Å²) in [4.78, 5) is 23.9. The third kappa shape index (κ3) is 6.14. The molecular formula is C20H18ClN3O6S. The van der Waals surface area contributed by atoms with Gasteiger partial charge in [0.15, 0.2) is 12.4 Å². The zero-order chi connectivity index (χ0) is 22.4. The molecule has 0 unspecified atom stereocenters. The Morgan fingerprint density at radius 1 is 1.13 bits per heavy atom. The highest BCUT2D eigenvalue weighted by Crippen LogP contribution is 2.23. The molecule has 0 spiro atoms. The van der Waals surface area contributed by atoms with Crippen LogP contribution in [0.5, 0.6) is 0 Å². The molecule has 0 radical (unpaired) electrons. The molecule has 2 aromatic carbocycles. The van der Waals surface area contributed by atoms with Gasteiger partial charge in [0.2, 0.25) is 10.0 Å². The molecule has 31 heavy (non-hydrogen) atoms. The number of hydrogen-bond donors (Lipinski definition) is 2. The fraction of sp³-hybridized carbons (Fsp3) is 0.150. The van der Waals surface area contributed by atoms with E-state index in [1.807, 2.05) is 6.07 Å². The Bertz CT molecular complexity index is 1190. The van der Waals surface area contributed by atoms with Crippen LogP contribution in [-0.4, -0.2) is 32.1 Å². The van der Waals surface area contributed by atoms with Crippen molar-refractivity contribution in [3.63, 3.8) is 0 Å². The quantitative estimate of drug-likeness (QED) is 0.491. The Labute approximate surface area is 183 Å². The molecule has 0 aliphatic heterocycles. The van der Waals surface area contributed by atoms with Crippen LogP contribution in [0.1, 0.15) is 21.7 Å². The Morgan fingerprint density at radius 3 is 2.55 bits per heavy atom. The second-order valence-corrected chi connectivity index (χ2v) is 8.55. The maximum Gasteiger partial charge on any atom is 0.338 e. The van der Waals surface area contributed by atoms with E-state index in [2.05, 4.69) is 15.2 Å². The molecule has 1 heterocycles. The predicted molar refractivity (Wildman–Crippen MR) is 112 cm³/mol. The minimum absolute atomic E-state index is 0.0515. The van der Waals surface area contributed by atoms with Gasteiger partial charge in [-0.2, -0.15) is 0 Å². The third-order valence-electron chi connectivity index (χ3n) is 4.00. The van der Waals surface area contributed by atoms with E-state index < -0.39 is 28.5 Å². The number of rotatable bonds is 8. The molecule has 11 heteroatoms. The van der Waals surface area contributed by atoms with Crippen LogP contribution in [0.4, 0.5) is 5.82 Å². The second-order valence-electron chi connectivity index (χ2n) is 6.40. The highest BCUT2D eigenvalue weighted by Gasteiger charge is 2.21. The summed E-state index contributed by atoms with van der Waals surface area (Å²) in [5, 5.41) is 5.93. The number of carbonyl (C=O) groups excluding carboxylic acids is 2. The molecule has 3 rings (SSSR count). The number of carbonyl (C=O) groups is 2. The minimum atomic E-state index is -4.00. The zero-order valence-corrected chi connectivity index (χ0v) is 17.9. The molecule has 0 bridgehead atoms. The van der Waals surface area contributed by atoms with Gasteiger partial charge in [-0.1, -0.05) is 47.1 Å². The number of aryl methyl sites for hydroxylation is 1. The van der Waals surface area contributed by atoms with Crippen molar-refractivity contribution in [2.75, 3.05) is 11.9 Å². The highest BCUT2D eigenvalue weighted by molar-refractivity contribution is 7.89. The lowest BCUT2D eigenvalue weighted by molar-refractivity contribution is -0.119. The fourth-order valence-electron chi connectivity index (χ4n) is 2.51. The standard InChI is InChI=1S/C20H18ClN3O6S/c1-13-9-18(24-30-13)23-19(25)12-29-20(26)15-7-8-16(21)17(10-15)31(27,28)22-11-14-5-3-2-4-6-14/h2-10,22H,11-12H2,1H3,(H,23,24,25).